The number of thiophene rings is 1. The van der Waals surface area contributed by atoms with E-state index < -0.39 is 5.92 Å². The van der Waals surface area contributed by atoms with Gasteiger partial charge in [0.15, 0.2) is 5.78 Å². The molecule has 1 aromatic carbocycles. The van der Waals surface area contributed by atoms with Crippen LogP contribution in [0.25, 0.3) is 0 Å². The summed E-state index contributed by atoms with van der Waals surface area (Å²) in [6.07, 6.45) is 0. The first-order chi connectivity index (χ1) is 9.97. The lowest BCUT2D eigenvalue weighted by Crippen LogP contribution is -2.10. The van der Waals surface area contributed by atoms with Crippen molar-refractivity contribution >= 4 is 49.0 Å². The lowest BCUT2D eigenvalue weighted by molar-refractivity contribution is 0.0982. The summed E-state index contributed by atoms with van der Waals surface area (Å²) in [5.41, 5.74) is 1.61. The second-order valence-electron chi connectivity index (χ2n) is 4.39. The van der Waals surface area contributed by atoms with Crippen LogP contribution in [0.4, 0.5) is 0 Å². The highest BCUT2D eigenvalue weighted by Gasteiger charge is 2.24. The van der Waals surface area contributed by atoms with Crippen molar-refractivity contribution in [2.45, 2.75) is 12.8 Å². The third-order valence-corrected chi connectivity index (χ3v) is 6.32. The minimum atomic E-state index is -0.836. The average Bonchev–Trinajstić information content (AvgIpc) is 2.81. The molecule has 0 aliphatic carbocycles. The number of benzene rings is 1. The Labute approximate surface area is 143 Å². The molecule has 3 nitrogen and oxygen atoms in total. The SMILES string of the molecule is COc1cc(C(C#N)C(=O)c2cc(Br)c(Br)s2)ccc1C. The molecule has 0 aliphatic rings. The maximum atomic E-state index is 12.5. The zero-order valence-corrected chi connectivity index (χ0v) is 15.3. The summed E-state index contributed by atoms with van der Waals surface area (Å²) in [6.45, 7) is 1.92. The van der Waals surface area contributed by atoms with Gasteiger partial charge in [-0.15, -0.1) is 11.3 Å². The van der Waals surface area contributed by atoms with Crippen LogP contribution < -0.4 is 4.74 Å². The molecule has 1 atom stereocenters. The number of methoxy groups -OCH3 is 1. The number of ketones is 1. The van der Waals surface area contributed by atoms with Crippen LogP contribution in [-0.4, -0.2) is 12.9 Å². The minimum Gasteiger partial charge on any atom is -0.496 e. The first-order valence-corrected chi connectivity index (χ1v) is 8.41. The summed E-state index contributed by atoms with van der Waals surface area (Å²) in [4.78, 5) is 13.1. The van der Waals surface area contributed by atoms with E-state index in [1.54, 1.807) is 25.3 Å². The molecule has 2 aromatic rings. The molecule has 6 heteroatoms. The number of hydrogen-bond acceptors (Lipinski definition) is 4. The lowest BCUT2D eigenvalue weighted by atomic mass is 9.94. The van der Waals surface area contributed by atoms with Crippen molar-refractivity contribution in [3.63, 3.8) is 0 Å². The van der Waals surface area contributed by atoms with Gasteiger partial charge in [0.2, 0.25) is 0 Å². The fraction of sp³-hybridized carbons (Fsp3) is 0.200. The van der Waals surface area contributed by atoms with E-state index in [0.29, 0.717) is 16.2 Å². The zero-order valence-electron chi connectivity index (χ0n) is 11.3. The van der Waals surface area contributed by atoms with Crippen LogP contribution >= 0.6 is 43.2 Å². The Hall–Kier alpha value is -1.16. The summed E-state index contributed by atoms with van der Waals surface area (Å²) in [6, 6.07) is 9.21. The van der Waals surface area contributed by atoms with Gasteiger partial charge in [-0.05, 0) is 62.0 Å². The van der Waals surface area contributed by atoms with Crippen LogP contribution in [0.1, 0.15) is 26.7 Å². The van der Waals surface area contributed by atoms with Gasteiger partial charge in [0.25, 0.3) is 0 Å². The highest BCUT2D eigenvalue weighted by molar-refractivity contribution is 9.13. The molecule has 0 radical (unpaired) electrons. The molecule has 0 amide bonds. The summed E-state index contributed by atoms with van der Waals surface area (Å²) in [5, 5.41) is 9.39. The molecule has 1 aromatic heterocycles. The normalized spacial score (nSPS) is 11.8. The number of carbonyl (C=O) groups excluding carboxylic acids is 1. The van der Waals surface area contributed by atoms with Crippen molar-refractivity contribution in [3.05, 3.63) is 48.5 Å². The van der Waals surface area contributed by atoms with Gasteiger partial charge >= 0.3 is 0 Å². The van der Waals surface area contributed by atoms with Crippen molar-refractivity contribution < 1.29 is 9.53 Å². The summed E-state index contributed by atoms with van der Waals surface area (Å²) in [5.74, 6) is -0.370. The summed E-state index contributed by atoms with van der Waals surface area (Å²) in [7, 11) is 1.57. The van der Waals surface area contributed by atoms with Crippen LogP contribution in [0.3, 0.4) is 0 Å². The molecule has 2 rings (SSSR count). The van der Waals surface area contributed by atoms with Crippen molar-refractivity contribution in [2.75, 3.05) is 7.11 Å². The van der Waals surface area contributed by atoms with Crippen LogP contribution in [0.15, 0.2) is 32.5 Å². The number of nitrogens with zero attached hydrogens (tertiary/aromatic N) is 1. The number of aryl methyl sites for hydroxylation is 1. The third-order valence-electron chi connectivity index (χ3n) is 3.04. The number of rotatable bonds is 4. The quantitative estimate of drug-likeness (QED) is 0.638. The summed E-state index contributed by atoms with van der Waals surface area (Å²) < 4.78 is 6.91. The third kappa shape index (κ3) is 3.37. The van der Waals surface area contributed by atoms with E-state index in [1.807, 2.05) is 13.0 Å². The van der Waals surface area contributed by atoms with Gasteiger partial charge in [-0.25, -0.2) is 0 Å². The van der Waals surface area contributed by atoms with E-state index >= 15 is 0 Å². The van der Waals surface area contributed by atoms with Crippen molar-refractivity contribution in [1.82, 2.24) is 0 Å². The number of hydrogen-bond donors (Lipinski definition) is 0. The number of ether oxygens (including phenoxy) is 1. The second-order valence-corrected chi connectivity index (χ2v) is 7.61. The van der Waals surface area contributed by atoms with E-state index in [2.05, 4.69) is 37.9 Å². The lowest BCUT2D eigenvalue weighted by Gasteiger charge is -2.11. The predicted molar refractivity (Wildman–Crippen MR) is 90.1 cm³/mol. The maximum Gasteiger partial charge on any atom is 0.194 e. The molecular weight excluding hydrogens is 418 g/mol. The number of Topliss-reactive ketones (excluding diaryl/α,β-unsaturated/α-hetero) is 1. The van der Waals surface area contributed by atoms with Gasteiger partial charge in [-0.2, -0.15) is 5.26 Å². The highest BCUT2D eigenvalue weighted by Crippen LogP contribution is 2.35. The Morgan fingerprint density at radius 3 is 2.62 bits per heavy atom. The molecule has 0 N–H and O–H groups in total. The van der Waals surface area contributed by atoms with Gasteiger partial charge in [-0.1, -0.05) is 12.1 Å². The Morgan fingerprint density at radius 1 is 1.38 bits per heavy atom. The number of carbonyl (C=O) groups is 1. The van der Waals surface area contributed by atoms with E-state index in [0.717, 1.165) is 13.8 Å². The molecule has 1 unspecified atom stereocenters. The molecular formula is C15H11Br2NO2S. The van der Waals surface area contributed by atoms with E-state index in [4.69, 9.17) is 4.74 Å². The Bertz CT molecular complexity index is 714. The van der Waals surface area contributed by atoms with Crippen LogP contribution in [-0.2, 0) is 0 Å². The first kappa shape index (κ1) is 16.2. The zero-order chi connectivity index (χ0) is 15.6. The molecule has 0 saturated heterocycles. The standard InChI is InChI=1S/C15H11Br2NO2S/c1-8-3-4-9(5-12(8)20-2)10(7-18)14(19)13-6-11(16)15(17)21-13/h3-6,10H,1-2H3. The Balaban J connectivity index is 2.40. The largest absolute Gasteiger partial charge is 0.496 e. The van der Waals surface area contributed by atoms with Gasteiger partial charge in [0, 0.05) is 4.47 Å². The average molecular weight is 429 g/mol. The minimum absolute atomic E-state index is 0.209. The highest BCUT2D eigenvalue weighted by atomic mass is 79.9. The maximum absolute atomic E-state index is 12.5. The van der Waals surface area contributed by atoms with Crippen molar-refractivity contribution in [1.29, 1.82) is 5.26 Å². The molecule has 0 fully saturated rings. The van der Waals surface area contributed by atoms with Crippen LogP contribution in [0, 0.1) is 18.3 Å². The van der Waals surface area contributed by atoms with Gasteiger partial charge in [-0.3, -0.25) is 4.79 Å². The monoisotopic (exact) mass is 427 g/mol. The number of halogens is 2. The fourth-order valence-electron chi connectivity index (χ4n) is 1.91. The van der Waals surface area contributed by atoms with Crippen LogP contribution in [0.2, 0.25) is 0 Å². The number of nitriles is 1. The molecule has 21 heavy (non-hydrogen) atoms. The summed E-state index contributed by atoms with van der Waals surface area (Å²) >= 11 is 8.02. The fourth-order valence-corrected chi connectivity index (χ4v) is 3.92. The predicted octanol–water partition coefficient (Wildman–Crippen LogP) is 5.08. The van der Waals surface area contributed by atoms with Gasteiger partial charge in [0.05, 0.1) is 21.8 Å². The van der Waals surface area contributed by atoms with E-state index in [1.165, 1.54) is 11.3 Å². The molecule has 108 valence electrons. The Morgan fingerprint density at radius 2 is 2.10 bits per heavy atom. The molecule has 0 saturated carbocycles. The second kappa shape index (κ2) is 6.73. The van der Waals surface area contributed by atoms with E-state index in [-0.39, 0.29) is 5.78 Å². The van der Waals surface area contributed by atoms with Gasteiger partial charge in [0.1, 0.15) is 11.7 Å². The molecule has 0 bridgehead atoms. The Kier molecular flexibility index (Phi) is 5.20. The van der Waals surface area contributed by atoms with Crippen molar-refractivity contribution in [3.8, 4) is 11.8 Å². The van der Waals surface area contributed by atoms with Crippen LogP contribution in [0.5, 0.6) is 5.75 Å². The molecule has 0 aliphatic heterocycles. The molecule has 0 spiro atoms. The van der Waals surface area contributed by atoms with E-state index in [9.17, 15) is 10.1 Å². The van der Waals surface area contributed by atoms with Crippen molar-refractivity contribution in [2.24, 2.45) is 0 Å². The first-order valence-electron chi connectivity index (χ1n) is 6.01. The molecule has 1 heterocycles. The smallest absolute Gasteiger partial charge is 0.194 e. The topological polar surface area (TPSA) is 50.1 Å². The van der Waals surface area contributed by atoms with Gasteiger partial charge < -0.3 is 4.74 Å².